The van der Waals surface area contributed by atoms with Gasteiger partial charge in [0.05, 0.1) is 31.9 Å². The summed E-state index contributed by atoms with van der Waals surface area (Å²) in [7, 11) is 0. The predicted octanol–water partition coefficient (Wildman–Crippen LogP) is 5.30. The summed E-state index contributed by atoms with van der Waals surface area (Å²) >= 11 is 0. The van der Waals surface area contributed by atoms with Crippen LogP contribution in [0.5, 0.6) is 0 Å². The van der Waals surface area contributed by atoms with Gasteiger partial charge in [-0.2, -0.15) is 0 Å². The lowest BCUT2D eigenvalue weighted by Crippen LogP contribution is -2.57. The number of hydrogen-bond acceptors (Lipinski definition) is 8. The van der Waals surface area contributed by atoms with E-state index in [0.717, 1.165) is 65.0 Å². The van der Waals surface area contributed by atoms with Crippen molar-refractivity contribution in [1.29, 1.82) is 0 Å². The van der Waals surface area contributed by atoms with Crippen molar-refractivity contribution in [1.82, 2.24) is 15.5 Å². The largest absolute Gasteiger partial charge is 0.481 e. The smallest absolute Gasteiger partial charge is 0.303 e. The maximum Gasteiger partial charge on any atom is 0.303 e. The molecule has 3 heterocycles. The highest BCUT2D eigenvalue weighted by Crippen LogP contribution is 2.41. The summed E-state index contributed by atoms with van der Waals surface area (Å²) in [6, 6.07) is 34.0. The average Bonchev–Trinajstić information content (AvgIpc) is 3.51. The summed E-state index contributed by atoms with van der Waals surface area (Å²) in [4.78, 5) is 40.8. The second-order valence-corrected chi connectivity index (χ2v) is 14.1. The van der Waals surface area contributed by atoms with Crippen LogP contribution in [-0.2, 0) is 37.0 Å². The molecule has 3 aliphatic heterocycles. The minimum atomic E-state index is -1.00. The molecule has 276 valence electrons. The molecule has 3 aliphatic rings. The lowest BCUT2D eigenvalue weighted by molar-refractivity contribution is -0.253. The van der Waals surface area contributed by atoms with E-state index in [1.807, 2.05) is 84.9 Å². The molecular formula is C42H46N4O7. The van der Waals surface area contributed by atoms with Gasteiger partial charge in [0.25, 0.3) is 0 Å². The van der Waals surface area contributed by atoms with E-state index in [-0.39, 0.29) is 43.5 Å². The molecule has 4 N–H and O–H groups in total. The van der Waals surface area contributed by atoms with Crippen LogP contribution in [0.4, 0.5) is 5.69 Å². The molecule has 4 aromatic rings. The molecule has 0 unspecified atom stereocenters. The molecule has 0 aliphatic carbocycles. The Morgan fingerprint density at radius 3 is 2.30 bits per heavy atom. The Bertz CT molecular complexity index is 1900. The Hall–Kier alpha value is -5.07. The second-order valence-electron chi connectivity index (χ2n) is 14.1. The molecule has 3 atom stereocenters. The number of nitrogens with zero attached hydrogens (tertiary/aromatic N) is 2. The Kier molecular flexibility index (Phi) is 11.2. The molecular weight excluding hydrogens is 672 g/mol. The van der Waals surface area contributed by atoms with E-state index in [1.165, 1.54) is 0 Å². The Morgan fingerprint density at radius 1 is 0.830 bits per heavy atom. The zero-order chi connectivity index (χ0) is 36.8. The molecule has 0 aromatic heterocycles. The average molecular weight is 719 g/mol. The molecule has 11 nitrogen and oxygen atoms in total. The molecule has 0 saturated carbocycles. The van der Waals surface area contributed by atoms with Crippen LogP contribution in [0.15, 0.2) is 103 Å². The van der Waals surface area contributed by atoms with Crippen molar-refractivity contribution in [3.05, 3.63) is 125 Å². The normalized spacial score (nSPS) is 21.3. The van der Waals surface area contributed by atoms with Gasteiger partial charge in [0.1, 0.15) is 5.54 Å². The standard InChI is InChI=1S/C42H46N4O7/c47-27-29-12-14-31(15-13-29)37-24-36(26-45-20-18-42(19-21-45)41(51)44-28-46(42)35-10-2-1-3-11-35)52-40(53-37)34-9-5-8-33(23-34)32-7-4-6-30(22-32)25-43-38(48)16-17-39(49)50/h1-15,22-23,36-37,40,47H,16-21,24-28H2,(H,43,48)(H,44,51)(H,49,50)/t36-,37+,40+/m1/s1. The molecule has 7 rings (SSSR count). The number of ether oxygens (including phenoxy) is 2. The van der Waals surface area contributed by atoms with Gasteiger partial charge < -0.3 is 40.1 Å². The Morgan fingerprint density at radius 2 is 1.57 bits per heavy atom. The van der Waals surface area contributed by atoms with Crippen LogP contribution in [0.3, 0.4) is 0 Å². The SMILES string of the molecule is O=C(O)CCC(=O)NCc1cccc(-c2cccc([C@H]3O[C@@H](CN4CCC5(CC4)C(=O)NCN5c4ccccc4)C[C@@H](c4ccc(CO)cc4)O3)c2)c1. The van der Waals surface area contributed by atoms with Crippen LogP contribution in [0.1, 0.15) is 66.8 Å². The number of aliphatic carboxylic acids is 1. The van der Waals surface area contributed by atoms with Crippen LogP contribution in [0.2, 0.25) is 0 Å². The van der Waals surface area contributed by atoms with Crippen LogP contribution in [0.25, 0.3) is 11.1 Å². The topological polar surface area (TPSA) is 141 Å². The summed E-state index contributed by atoms with van der Waals surface area (Å²) in [5.74, 6) is -1.20. The minimum Gasteiger partial charge on any atom is -0.481 e. The van der Waals surface area contributed by atoms with Gasteiger partial charge in [0.15, 0.2) is 6.29 Å². The van der Waals surface area contributed by atoms with E-state index in [1.54, 1.807) is 0 Å². The van der Waals surface area contributed by atoms with Crippen molar-refractivity contribution in [2.45, 2.75) is 69.3 Å². The van der Waals surface area contributed by atoms with Gasteiger partial charge in [-0.3, -0.25) is 14.4 Å². The molecule has 3 fully saturated rings. The fourth-order valence-corrected chi connectivity index (χ4v) is 7.69. The quantitative estimate of drug-likeness (QED) is 0.154. The molecule has 2 amide bonds. The predicted molar refractivity (Wildman–Crippen MR) is 199 cm³/mol. The maximum absolute atomic E-state index is 13.3. The summed E-state index contributed by atoms with van der Waals surface area (Å²) < 4.78 is 13.4. The van der Waals surface area contributed by atoms with Crippen LogP contribution in [-0.4, -0.2) is 70.8 Å². The number of rotatable bonds is 12. The number of anilines is 1. The lowest BCUT2D eigenvalue weighted by Gasteiger charge is -2.45. The van der Waals surface area contributed by atoms with Gasteiger partial charge in [0.2, 0.25) is 11.8 Å². The first-order valence-corrected chi connectivity index (χ1v) is 18.3. The third-order valence-electron chi connectivity index (χ3n) is 10.6. The highest BCUT2D eigenvalue weighted by molar-refractivity contribution is 5.93. The number of likely N-dealkylation sites (tertiary alicyclic amines) is 1. The summed E-state index contributed by atoms with van der Waals surface area (Å²) in [5.41, 5.74) is 6.08. The van der Waals surface area contributed by atoms with Crippen molar-refractivity contribution in [2.75, 3.05) is 31.2 Å². The van der Waals surface area contributed by atoms with Gasteiger partial charge in [0, 0.05) is 50.3 Å². The lowest BCUT2D eigenvalue weighted by atomic mass is 9.85. The Labute approximate surface area is 309 Å². The molecule has 0 radical (unpaired) electrons. The molecule has 0 bridgehead atoms. The third kappa shape index (κ3) is 8.44. The zero-order valence-electron chi connectivity index (χ0n) is 29.7. The van der Waals surface area contributed by atoms with Crippen LogP contribution in [0, 0.1) is 0 Å². The number of carbonyl (C=O) groups excluding carboxylic acids is 2. The zero-order valence-corrected chi connectivity index (χ0v) is 29.7. The highest BCUT2D eigenvalue weighted by Gasteiger charge is 2.50. The van der Waals surface area contributed by atoms with E-state index >= 15 is 0 Å². The van der Waals surface area contributed by atoms with Crippen LogP contribution < -0.4 is 15.5 Å². The van der Waals surface area contributed by atoms with Crippen molar-refractivity contribution >= 4 is 23.5 Å². The number of aliphatic hydroxyl groups is 1. The number of piperidine rings is 1. The number of para-hydroxylation sites is 1. The van der Waals surface area contributed by atoms with Gasteiger partial charge in [-0.25, -0.2) is 0 Å². The summed E-state index contributed by atoms with van der Waals surface area (Å²) in [6.07, 6.45) is 0.849. The number of carbonyl (C=O) groups is 3. The Balaban J connectivity index is 1.06. The van der Waals surface area contributed by atoms with E-state index in [9.17, 15) is 19.5 Å². The van der Waals surface area contributed by atoms with Crippen molar-refractivity contribution in [2.24, 2.45) is 0 Å². The molecule has 3 saturated heterocycles. The number of carboxylic acid groups (broad SMARTS) is 1. The third-order valence-corrected chi connectivity index (χ3v) is 10.6. The van der Waals surface area contributed by atoms with Gasteiger partial charge >= 0.3 is 5.97 Å². The van der Waals surface area contributed by atoms with Gasteiger partial charge in [-0.1, -0.05) is 78.9 Å². The summed E-state index contributed by atoms with van der Waals surface area (Å²) in [6.45, 7) is 3.02. The fraction of sp³-hybridized carbons (Fsp3) is 0.357. The van der Waals surface area contributed by atoms with Gasteiger partial charge in [-0.15, -0.1) is 0 Å². The van der Waals surface area contributed by atoms with Crippen molar-refractivity contribution in [3.8, 4) is 11.1 Å². The monoisotopic (exact) mass is 718 g/mol. The number of benzene rings is 4. The van der Waals surface area contributed by atoms with Crippen molar-refractivity contribution < 1.29 is 34.1 Å². The van der Waals surface area contributed by atoms with Crippen LogP contribution >= 0.6 is 0 Å². The maximum atomic E-state index is 13.3. The van der Waals surface area contributed by atoms with E-state index in [4.69, 9.17) is 14.6 Å². The molecule has 1 spiro atoms. The molecule has 53 heavy (non-hydrogen) atoms. The first-order chi connectivity index (χ1) is 25.8. The number of hydrogen-bond donors (Lipinski definition) is 4. The highest BCUT2D eigenvalue weighted by atomic mass is 16.7. The van der Waals surface area contributed by atoms with E-state index < -0.39 is 17.8 Å². The van der Waals surface area contributed by atoms with E-state index in [0.29, 0.717) is 26.2 Å². The minimum absolute atomic E-state index is 0.0264. The molecule has 11 heteroatoms. The number of amides is 2. The summed E-state index contributed by atoms with van der Waals surface area (Å²) in [5, 5.41) is 24.4. The number of aliphatic hydroxyl groups excluding tert-OH is 1. The first-order valence-electron chi connectivity index (χ1n) is 18.3. The van der Waals surface area contributed by atoms with E-state index in [2.05, 4.69) is 38.6 Å². The number of carboxylic acids is 1. The van der Waals surface area contributed by atoms with Crippen molar-refractivity contribution in [3.63, 3.8) is 0 Å². The second kappa shape index (κ2) is 16.3. The number of nitrogens with one attached hydrogen (secondary N) is 2. The fourth-order valence-electron chi connectivity index (χ4n) is 7.69. The first kappa shape index (κ1) is 36.3. The molecule has 4 aromatic carbocycles. The van der Waals surface area contributed by atoms with Gasteiger partial charge in [-0.05, 0) is 64.9 Å².